The van der Waals surface area contributed by atoms with E-state index in [9.17, 15) is 28.8 Å². The van der Waals surface area contributed by atoms with Crippen molar-refractivity contribution in [2.75, 3.05) is 88.3 Å². The lowest BCUT2D eigenvalue weighted by Crippen LogP contribution is -2.54. The largest absolute Gasteiger partial charge is 0.378 e. The number of hydrogen-bond donors (Lipinski definition) is 9. The number of nitrogens with one attached hydrogen (secondary N) is 6. The Morgan fingerprint density at radius 3 is 1.15 bits per heavy atom. The molecule has 3 fully saturated rings. The van der Waals surface area contributed by atoms with Crippen LogP contribution in [0, 0.1) is 0 Å². The summed E-state index contributed by atoms with van der Waals surface area (Å²) < 4.78 is 5.64. The van der Waals surface area contributed by atoms with Crippen LogP contribution in [0.25, 0.3) is 0 Å². The first-order valence-electron chi connectivity index (χ1n) is 35.0. The summed E-state index contributed by atoms with van der Waals surface area (Å²) in [7, 11) is 13.6. The molecule has 31 nitrogen and oxygen atoms in total. The monoisotopic (exact) mass is 1430 g/mol. The van der Waals surface area contributed by atoms with Crippen molar-refractivity contribution in [1.29, 1.82) is 0 Å². The summed E-state index contributed by atoms with van der Waals surface area (Å²) in [6.45, 7) is 12.5. The second kappa shape index (κ2) is 33.7. The number of carbonyl (C=O) groups is 6. The van der Waals surface area contributed by atoms with Gasteiger partial charge >= 0.3 is 0 Å². The minimum absolute atomic E-state index is 0.0212. The van der Waals surface area contributed by atoms with Gasteiger partial charge in [0.15, 0.2) is 34.5 Å². The van der Waals surface area contributed by atoms with Gasteiger partial charge in [-0.2, -0.15) is 4.98 Å². The van der Waals surface area contributed by atoms with Gasteiger partial charge in [-0.3, -0.25) is 33.8 Å². The van der Waals surface area contributed by atoms with E-state index in [0.29, 0.717) is 58.4 Å². The minimum atomic E-state index is -0.716. The highest BCUT2D eigenvalue weighted by molar-refractivity contribution is 5.99. The number of piperidine rings is 3. The lowest BCUT2D eigenvalue weighted by Gasteiger charge is -2.40. The Morgan fingerprint density at radius 1 is 0.448 bits per heavy atom. The highest BCUT2D eigenvalue weighted by Crippen LogP contribution is 2.31. The van der Waals surface area contributed by atoms with Crippen molar-refractivity contribution in [3.8, 4) is 0 Å². The van der Waals surface area contributed by atoms with Gasteiger partial charge in [0, 0.05) is 177 Å². The zero-order valence-electron chi connectivity index (χ0n) is 61.4. The third kappa shape index (κ3) is 18.9. The van der Waals surface area contributed by atoms with Gasteiger partial charge in [-0.05, 0) is 144 Å². The fourth-order valence-electron chi connectivity index (χ4n) is 12.8. The van der Waals surface area contributed by atoms with Crippen LogP contribution in [0.5, 0.6) is 0 Å². The average Bonchev–Trinajstić information content (AvgIpc) is 1.14. The van der Waals surface area contributed by atoms with Crippen LogP contribution in [0.4, 0.5) is 63.5 Å². The third-order valence-corrected chi connectivity index (χ3v) is 18.9. The Kier molecular flexibility index (Phi) is 24.3. The lowest BCUT2D eigenvalue weighted by molar-refractivity contribution is 0.0916. The maximum atomic E-state index is 12.9. The van der Waals surface area contributed by atoms with E-state index in [0.717, 1.165) is 85.7 Å². The van der Waals surface area contributed by atoms with Gasteiger partial charge in [0.05, 0.1) is 35.0 Å². The molecule has 12 N–H and O–H groups in total. The van der Waals surface area contributed by atoms with Crippen LogP contribution in [-0.2, 0) is 21.1 Å². The molecule has 6 atom stereocenters. The second-order valence-electron chi connectivity index (χ2n) is 27.3. The Bertz CT molecular complexity index is 4060. The zero-order chi connectivity index (χ0) is 75.3. The molecule has 10 heterocycles. The van der Waals surface area contributed by atoms with Crippen LogP contribution in [-0.4, -0.2) is 173 Å². The first-order valence-corrected chi connectivity index (χ1v) is 35.0. The molecule has 0 saturated carbocycles. The highest BCUT2D eigenvalue weighted by atomic mass is 16.2. The van der Waals surface area contributed by atoms with Crippen molar-refractivity contribution in [3.63, 3.8) is 0 Å². The van der Waals surface area contributed by atoms with Crippen molar-refractivity contribution in [2.45, 2.75) is 115 Å². The number of carbonyl (C=O) groups excluding carboxylic acids is 6. The third-order valence-electron chi connectivity index (χ3n) is 18.9. The number of anilines is 11. The van der Waals surface area contributed by atoms with Gasteiger partial charge in [0.1, 0.15) is 11.6 Å². The Hall–Kier alpha value is -12.2. The molecule has 3 saturated heterocycles. The molecule has 31 heteroatoms. The minimum Gasteiger partial charge on any atom is -0.378 e. The number of hydrogen-bond acceptors (Lipinski definition) is 22. The van der Waals surface area contributed by atoms with Gasteiger partial charge in [0.25, 0.3) is 35.4 Å². The molecular formula is C74H95N25O6. The molecule has 0 bridgehead atoms. The molecule has 7 aromatic heterocycles. The molecule has 3 aliphatic heterocycles. The Labute approximate surface area is 610 Å². The molecule has 0 aliphatic carbocycles. The number of nitrogens with two attached hydrogens (primary N) is 3. The normalized spacial score (nSPS) is 17.7. The van der Waals surface area contributed by atoms with Gasteiger partial charge in [-0.25, -0.2) is 19.9 Å². The van der Waals surface area contributed by atoms with Crippen molar-refractivity contribution in [2.24, 2.45) is 38.3 Å². The molecular weight excluding hydrogens is 1330 g/mol. The predicted octanol–water partition coefficient (Wildman–Crippen LogP) is 7.38. The maximum Gasteiger partial charge on any atom is 0.273 e. The predicted molar refractivity (Wildman–Crippen MR) is 407 cm³/mol. The standard InChI is InChI=1S/2C25H32N8O2.C24H31N9O2/c1-16-20(29-25(35)17-7-9-19(10-8-17)31(2)3)6-5-12-33(16)21-14-27-22(23(26)34)24(30-21)28-18-11-13-32(4)15-18;1-15(2)19-8-7-17(12-27-19)25(35)30-20-6-5-10-33(16(20)3)21-13-28-22(23(26)34)24(31-21)29-18-9-11-32(4)14-18;1-15-19(27-23(35)16-7-9-18(10-8-16)31(2)3)6-5-12-33(15)24-28-22(20(21(25)34)29-30-24)26-17-11-13-32(4)14-17/h7-11,13-16,20H,5-6,12H2,1-4H3,(H2,26,34)(H,28,30)(H,29,35);7-9,11-16,20H,5-6,10H2,1-4H3,(H2,26,34)(H,29,31)(H,30,35);7-11,13-15,19H,5-6,12H2,1-4H3,(H2,25,34)(H,27,35)(H,26,28,30)/t2*16-,20-;15-,19-/m111/s1. The van der Waals surface area contributed by atoms with E-state index in [1.165, 1.54) is 0 Å². The Morgan fingerprint density at radius 2 is 0.810 bits per heavy atom. The molecule has 105 heavy (non-hydrogen) atoms. The van der Waals surface area contributed by atoms with Crippen LogP contribution >= 0.6 is 0 Å². The van der Waals surface area contributed by atoms with E-state index in [1.807, 2.05) is 201 Å². The molecule has 0 spiro atoms. The second-order valence-corrected chi connectivity index (χ2v) is 27.3. The summed E-state index contributed by atoms with van der Waals surface area (Å²) >= 11 is 0. The van der Waals surface area contributed by atoms with Gasteiger partial charge in [0.2, 0.25) is 5.95 Å². The summed E-state index contributed by atoms with van der Waals surface area (Å²) in [5.41, 5.74) is 23.8. The van der Waals surface area contributed by atoms with E-state index in [1.54, 1.807) is 18.6 Å². The SMILES string of the molecule is CC(C)c1ccc(C(=O)N[C@@H]2CCCN(c3cnc(C(N)=O)c(Nc4ccn(C)c4)n3)[C@@H]2C)cn1.C[C@@H]1[C@H](NC(=O)c2ccc(N(C)C)cc2)CCCN1c1cnc(C(N)=O)c(Nc2ccn(C)c2)n1.C[C@@H]1[C@H](NC(=O)c2ccc(N(C)C)cc2)CCCN1c1nnc(C(N)=O)c(Nc2ccn(C)c2)n1. The fraction of sp³-hybridized carbons (Fsp3) is 0.378. The molecule has 552 valence electrons. The number of aromatic nitrogens is 11. The molecule has 3 aliphatic rings. The summed E-state index contributed by atoms with van der Waals surface area (Å²) in [6, 6.07) is 24.0. The van der Waals surface area contributed by atoms with Gasteiger partial charge in [-0.15, -0.1) is 10.2 Å². The van der Waals surface area contributed by atoms with E-state index in [4.69, 9.17) is 27.2 Å². The van der Waals surface area contributed by atoms with Crippen molar-refractivity contribution in [3.05, 3.63) is 174 Å². The fourth-order valence-corrected chi connectivity index (χ4v) is 12.8. The number of benzene rings is 2. The lowest BCUT2D eigenvalue weighted by atomic mass is 9.97. The van der Waals surface area contributed by atoms with Gasteiger partial charge in [-0.1, -0.05) is 13.8 Å². The van der Waals surface area contributed by atoms with Gasteiger partial charge < -0.3 is 87.3 Å². The van der Waals surface area contributed by atoms with Crippen LogP contribution in [0.3, 0.4) is 0 Å². The first kappa shape index (κ1) is 75.5. The first-order chi connectivity index (χ1) is 50.2. The topological polar surface area (TPSA) is 387 Å². The number of aryl methyl sites for hydroxylation is 3. The molecule has 0 radical (unpaired) electrons. The molecule has 12 rings (SSSR count). The zero-order valence-corrected chi connectivity index (χ0v) is 61.4. The number of amides is 6. The maximum absolute atomic E-state index is 12.9. The van der Waals surface area contributed by atoms with Crippen molar-refractivity contribution < 1.29 is 28.8 Å². The van der Waals surface area contributed by atoms with Crippen molar-refractivity contribution in [1.82, 2.24) is 69.8 Å². The van der Waals surface area contributed by atoms with Crippen LogP contribution in [0.15, 0.2) is 135 Å². The number of nitrogens with zero attached hydrogens (tertiary/aromatic N) is 16. The molecule has 0 unspecified atom stereocenters. The quantitative estimate of drug-likeness (QED) is 0.0339. The van der Waals surface area contributed by atoms with E-state index < -0.39 is 17.7 Å². The van der Waals surface area contributed by atoms with Crippen LogP contribution in [0.2, 0.25) is 0 Å². The smallest absolute Gasteiger partial charge is 0.273 e. The van der Waals surface area contributed by atoms with Crippen molar-refractivity contribution >= 4 is 98.9 Å². The molecule has 2 aromatic carbocycles. The van der Waals surface area contributed by atoms with E-state index in [2.05, 4.69) is 99.5 Å². The van der Waals surface area contributed by atoms with Crippen LogP contribution < -0.4 is 73.6 Å². The van der Waals surface area contributed by atoms with E-state index in [-0.39, 0.29) is 76.9 Å². The summed E-state index contributed by atoms with van der Waals surface area (Å²) in [6.07, 6.45) is 21.2. The summed E-state index contributed by atoms with van der Waals surface area (Å²) in [4.78, 5) is 112. The average molecular weight is 1430 g/mol. The molecule has 6 amide bonds. The number of pyridine rings is 1. The van der Waals surface area contributed by atoms with E-state index >= 15 is 0 Å². The summed E-state index contributed by atoms with van der Waals surface area (Å²) in [5.74, 6) is 0.371. The Balaban J connectivity index is 0.000000169. The van der Waals surface area contributed by atoms with Crippen LogP contribution in [0.1, 0.15) is 147 Å². The molecule has 9 aromatic rings. The highest BCUT2D eigenvalue weighted by Gasteiger charge is 2.35. The number of rotatable bonds is 21. The summed E-state index contributed by atoms with van der Waals surface area (Å²) in [5, 5.41) is 27.2. The number of primary amides is 3.